The van der Waals surface area contributed by atoms with Gasteiger partial charge in [0.05, 0.1) is 30.5 Å². The summed E-state index contributed by atoms with van der Waals surface area (Å²) in [6.45, 7) is 3.58. The summed E-state index contributed by atoms with van der Waals surface area (Å²) in [5, 5.41) is 12.2. The van der Waals surface area contributed by atoms with E-state index >= 15 is 0 Å². The molecule has 2 aliphatic carbocycles. The fraction of sp³-hybridized carbons (Fsp3) is 0.400. The van der Waals surface area contributed by atoms with Crippen molar-refractivity contribution in [3.63, 3.8) is 0 Å². The summed E-state index contributed by atoms with van der Waals surface area (Å²) in [5.74, 6) is -0.0507. The van der Waals surface area contributed by atoms with E-state index in [4.69, 9.17) is 18.9 Å². The van der Waals surface area contributed by atoms with Gasteiger partial charge < -0.3 is 29.0 Å². The first-order chi connectivity index (χ1) is 21.2. The molecule has 0 unspecified atom stereocenters. The highest BCUT2D eigenvalue weighted by Gasteiger charge is 2.51. The van der Waals surface area contributed by atoms with Gasteiger partial charge in [-0.3, -0.25) is 9.59 Å². The average Bonchev–Trinajstić information content (AvgIpc) is 3.64. The second-order valence-corrected chi connectivity index (χ2v) is 12.3. The van der Waals surface area contributed by atoms with Crippen LogP contribution in [0, 0.1) is 0 Å². The Morgan fingerprint density at radius 1 is 1.20 bits per heavy atom. The van der Waals surface area contributed by atoms with Crippen LogP contribution in [0.4, 0.5) is 0 Å². The molecular weight excluding hydrogens is 562 g/mol. The molecule has 0 amide bonds. The van der Waals surface area contributed by atoms with Crippen LogP contribution in [-0.4, -0.2) is 53.6 Å². The fourth-order valence-electron chi connectivity index (χ4n) is 7.62. The quantitative estimate of drug-likeness (QED) is 0.286. The van der Waals surface area contributed by atoms with Gasteiger partial charge in [-0.05, 0) is 75.1 Å². The third kappa shape index (κ3) is 4.36. The largest absolute Gasteiger partial charge is 0.496 e. The van der Waals surface area contributed by atoms with Gasteiger partial charge in [0.1, 0.15) is 29.1 Å². The lowest BCUT2D eigenvalue weighted by molar-refractivity contribution is -0.141. The number of H-pyrrole nitrogens is 1. The molecule has 7 rings (SSSR count). The Kier molecular flexibility index (Phi) is 6.88. The van der Waals surface area contributed by atoms with Gasteiger partial charge in [0.2, 0.25) is 5.76 Å². The molecule has 3 aromatic rings. The molecular formula is C35H35NO8. The number of aldehydes is 1. The molecule has 9 heteroatoms. The van der Waals surface area contributed by atoms with Gasteiger partial charge >= 0.3 is 5.97 Å². The Morgan fingerprint density at radius 2 is 2.05 bits per heavy atom. The van der Waals surface area contributed by atoms with Crippen molar-refractivity contribution in [2.24, 2.45) is 0 Å². The van der Waals surface area contributed by atoms with Gasteiger partial charge in [0.15, 0.2) is 6.29 Å². The molecule has 9 nitrogen and oxygen atoms in total. The van der Waals surface area contributed by atoms with E-state index in [9.17, 15) is 19.5 Å². The maximum absolute atomic E-state index is 13.4. The summed E-state index contributed by atoms with van der Waals surface area (Å²) < 4.78 is 23.9. The van der Waals surface area contributed by atoms with Gasteiger partial charge in [-0.1, -0.05) is 11.6 Å². The van der Waals surface area contributed by atoms with Crippen molar-refractivity contribution in [1.29, 1.82) is 0 Å². The fourth-order valence-corrected chi connectivity index (χ4v) is 7.62. The lowest BCUT2D eigenvalue weighted by Crippen LogP contribution is -2.47. The number of benzene rings is 2. The summed E-state index contributed by atoms with van der Waals surface area (Å²) in [6.07, 6.45) is 5.35. The number of ketones is 1. The van der Waals surface area contributed by atoms with Gasteiger partial charge in [-0.25, -0.2) is 4.79 Å². The number of rotatable bonds is 5. The SMILES string of the molecule is CCOC(=O)C1=C(C=O)/C(=C2\CCC(=O)[C@H](c3ccc4[nH]ccc4c3)C2)c2c(cc3c(c2OC)[C@H]2CCC[C@@](C)(O)[C@H]2O3)O1. The first-order valence-corrected chi connectivity index (χ1v) is 15.3. The third-order valence-corrected chi connectivity index (χ3v) is 9.65. The molecule has 0 bridgehead atoms. The van der Waals surface area contributed by atoms with Crippen LogP contribution in [0.3, 0.4) is 0 Å². The second kappa shape index (κ2) is 10.7. The Balaban J connectivity index is 1.43. The number of aliphatic hydroxyl groups is 1. The Morgan fingerprint density at radius 3 is 2.82 bits per heavy atom. The summed E-state index contributed by atoms with van der Waals surface area (Å²) >= 11 is 0. The molecule has 4 aliphatic rings. The van der Waals surface area contributed by atoms with Gasteiger partial charge in [0, 0.05) is 47.2 Å². The number of fused-ring (bicyclic) bond motifs is 5. The average molecular weight is 598 g/mol. The van der Waals surface area contributed by atoms with E-state index in [2.05, 4.69) is 4.98 Å². The molecule has 2 fully saturated rings. The number of carbonyl (C=O) groups excluding carboxylic acids is 3. The predicted molar refractivity (Wildman–Crippen MR) is 162 cm³/mol. The number of Topliss-reactive ketones (excluding diaryl/α,β-unsaturated/α-hetero) is 1. The molecule has 0 saturated heterocycles. The van der Waals surface area contributed by atoms with Crippen LogP contribution in [0.1, 0.15) is 80.9 Å². The number of hydrogen-bond donors (Lipinski definition) is 2. The molecule has 2 aromatic carbocycles. The number of allylic oxidation sites excluding steroid dienone is 3. The highest BCUT2D eigenvalue weighted by Crippen LogP contribution is 2.59. The summed E-state index contributed by atoms with van der Waals surface area (Å²) in [7, 11) is 1.57. The van der Waals surface area contributed by atoms with Crippen molar-refractivity contribution in [2.45, 2.75) is 75.9 Å². The van der Waals surface area contributed by atoms with E-state index in [0.29, 0.717) is 53.9 Å². The number of methoxy groups -OCH3 is 1. The molecule has 3 heterocycles. The van der Waals surface area contributed by atoms with Crippen LogP contribution in [0.5, 0.6) is 17.2 Å². The zero-order valence-corrected chi connectivity index (χ0v) is 25.0. The zero-order valence-electron chi connectivity index (χ0n) is 25.0. The Bertz CT molecular complexity index is 1780. The third-order valence-electron chi connectivity index (χ3n) is 9.65. The summed E-state index contributed by atoms with van der Waals surface area (Å²) in [6, 6.07) is 9.67. The number of carbonyl (C=O) groups is 3. The van der Waals surface area contributed by atoms with Crippen molar-refractivity contribution in [2.75, 3.05) is 13.7 Å². The predicted octanol–water partition coefficient (Wildman–Crippen LogP) is 5.65. The van der Waals surface area contributed by atoms with Crippen LogP contribution >= 0.6 is 0 Å². The Labute approximate surface area is 254 Å². The maximum atomic E-state index is 13.4. The number of hydrogen-bond acceptors (Lipinski definition) is 8. The van der Waals surface area contributed by atoms with Gasteiger partial charge in [-0.2, -0.15) is 0 Å². The van der Waals surface area contributed by atoms with E-state index in [1.54, 1.807) is 27.0 Å². The van der Waals surface area contributed by atoms with Crippen molar-refractivity contribution >= 4 is 34.5 Å². The monoisotopic (exact) mass is 597 g/mol. The molecule has 0 spiro atoms. The van der Waals surface area contributed by atoms with Crippen LogP contribution in [0.2, 0.25) is 0 Å². The molecule has 1 aromatic heterocycles. The molecule has 44 heavy (non-hydrogen) atoms. The minimum absolute atomic E-state index is 0.0736. The molecule has 4 atom stereocenters. The van der Waals surface area contributed by atoms with E-state index in [0.717, 1.165) is 40.4 Å². The summed E-state index contributed by atoms with van der Waals surface area (Å²) in [5.41, 5.74) is 3.71. The van der Waals surface area contributed by atoms with Crippen LogP contribution < -0.4 is 14.2 Å². The minimum atomic E-state index is -1.03. The minimum Gasteiger partial charge on any atom is -0.496 e. The molecule has 2 aliphatic heterocycles. The first-order valence-electron chi connectivity index (χ1n) is 15.3. The van der Waals surface area contributed by atoms with Crippen LogP contribution in [0.25, 0.3) is 16.5 Å². The topological polar surface area (TPSA) is 124 Å². The second-order valence-electron chi connectivity index (χ2n) is 12.3. The van der Waals surface area contributed by atoms with Gasteiger partial charge in [0.25, 0.3) is 0 Å². The van der Waals surface area contributed by atoms with Crippen LogP contribution in [0.15, 0.2) is 53.4 Å². The van der Waals surface area contributed by atoms with Crippen LogP contribution in [-0.2, 0) is 19.1 Å². The molecule has 2 saturated carbocycles. The number of aromatic amines is 1. The number of nitrogens with one attached hydrogen (secondary N) is 1. The van der Waals surface area contributed by atoms with E-state index < -0.39 is 23.6 Å². The number of esters is 1. The van der Waals surface area contributed by atoms with E-state index in [-0.39, 0.29) is 36.1 Å². The maximum Gasteiger partial charge on any atom is 0.375 e. The smallest absolute Gasteiger partial charge is 0.375 e. The first kappa shape index (κ1) is 28.4. The number of aromatic nitrogens is 1. The standard InChI is InChI=1S/C35H35NO8/c1-4-42-34(39)31-23(17-37)28(20-8-10-25(38)22(15-20)18-7-9-24-19(14-18)11-13-36-24)30-27(43-31)16-26-29(32(30)41-3)21-6-5-12-35(2,40)33(21)44-26/h7,9,11,13-14,16-17,21-22,33,36,40H,4-6,8,10,12,15H2,1-3H3/b28-20-/t21-,22+,33+,35-/m1/s1. The highest BCUT2D eigenvalue weighted by molar-refractivity contribution is 6.10. The lowest BCUT2D eigenvalue weighted by atomic mass is 9.73. The summed E-state index contributed by atoms with van der Waals surface area (Å²) in [4.78, 5) is 42.6. The normalized spacial score (nSPS) is 27.6. The van der Waals surface area contributed by atoms with E-state index in [1.807, 2.05) is 30.5 Å². The van der Waals surface area contributed by atoms with Crippen molar-refractivity contribution in [1.82, 2.24) is 4.98 Å². The Hall–Kier alpha value is -4.37. The zero-order chi connectivity index (χ0) is 30.7. The van der Waals surface area contributed by atoms with Crippen molar-refractivity contribution < 1.29 is 38.4 Å². The molecule has 0 radical (unpaired) electrons. The molecule has 228 valence electrons. The van der Waals surface area contributed by atoms with Crippen molar-refractivity contribution in [3.05, 3.63) is 70.1 Å². The number of ether oxygens (including phenoxy) is 4. The van der Waals surface area contributed by atoms with Gasteiger partial charge in [-0.15, -0.1) is 0 Å². The highest BCUT2D eigenvalue weighted by atomic mass is 16.6. The molecule has 2 N–H and O–H groups in total. The lowest BCUT2D eigenvalue weighted by Gasteiger charge is -2.37. The van der Waals surface area contributed by atoms with E-state index in [1.165, 1.54) is 0 Å². The van der Waals surface area contributed by atoms with Crippen molar-refractivity contribution in [3.8, 4) is 17.2 Å².